The maximum atomic E-state index is 13.0. The summed E-state index contributed by atoms with van der Waals surface area (Å²) in [5, 5.41) is 3.64. The van der Waals surface area contributed by atoms with E-state index >= 15 is 0 Å². The summed E-state index contributed by atoms with van der Waals surface area (Å²) in [4.78, 5) is -0.356. The van der Waals surface area contributed by atoms with Gasteiger partial charge in [-0.05, 0) is 0 Å². The van der Waals surface area contributed by atoms with Crippen LogP contribution >= 0.6 is 0 Å². The van der Waals surface area contributed by atoms with Gasteiger partial charge in [0.2, 0.25) is 0 Å². The Kier molecular flexibility index (Phi) is 3.34. The standard InChI is InChI=1S/C10H9F3N4O2S/c1-17-4-8(10(14)15-17)20(18,19)16-5-2-6(11)9(13)7(12)3-5/h2-4,16H,1H3,(H2,14,15). The smallest absolute Gasteiger partial charge is 0.267 e. The zero-order chi connectivity index (χ0) is 15.1. The molecule has 0 aliphatic carbocycles. The normalized spacial score (nSPS) is 11.6. The van der Waals surface area contributed by atoms with Crippen LogP contribution in [0.5, 0.6) is 0 Å². The quantitative estimate of drug-likeness (QED) is 0.834. The van der Waals surface area contributed by atoms with Crippen LogP contribution in [0.2, 0.25) is 0 Å². The van der Waals surface area contributed by atoms with Crippen LogP contribution < -0.4 is 10.5 Å². The molecule has 0 radical (unpaired) electrons. The van der Waals surface area contributed by atoms with E-state index in [-0.39, 0.29) is 10.7 Å². The molecule has 1 aromatic carbocycles. The maximum Gasteiger partial charge on any atom is 0.267 e. The lowest BCUT2D eigenvalue weighted by Crippen LogP contribution is -2.14. The molecule has 1 aromatic heterocycles. The van der Waals surface area contributed by atoms with E-state index in [1.54, 1.807) is 0 Å². The van der Waals surface area contributed by atoms with E-state index < -0.39 is 33.2 Å². The molecule has 1 heterocycles. The van der Waals surface area contributed by atoms with E-state index in [4.69, 9.17) is 5.73 Å². The number of hydrogen-bond donors (Lipinski definition) is 2. The molecule has 10 heteroatoms. The van der Waals surface area contributed by atoms with Crippen molar-refractivity contribution >= 4 is 21.5 Å². The highest BCUT2D eigenvalue weighted by Gasteiger charge is 2.22. The molecule has 0 unspecified atom stereocenters. The molecule has 2 rings (SSSR count). The summed E-state index contributed by atoms with van der Waals surface area (Å²) in [6.07, 6.45) is 1.12. The van der Waals surface area contributed by atoms with Crippen molar-refractivity contribution in [3.63, 3.8) is 0 Å². The van der Waals surface area contributed by atoms with E-state index in [9.17, 15) is 21.6 Å². The topological polar surface area (TPSA) is 90.0 Å². The minimum Gasteiger partial charge on any atom is -0.381 e. The third-order valence-electron chi connectivity index (χ3n) is 2.35. The number of nitrogen functional groups attached to an aromatic ring is 1. The van der Waals surface area contributed by atoms with Crippen LogP contribution in [-0.4, -0.2) is 18.2 Å². The van der Waals surface area contributed by atoms with Crippen molar-refractivity contribution < 1.29 is 21.6 Å². The summed E-state index contributed by atoms with van der Waals surface area (Å²) in [6.45, 7) is 0. The van der Waals surface area contributed by atoms with Crippen molar-refractivity contribution in [3.05, 3.63) is 35.8 Å². The highest BCUT2D eigenvalue weighted by Crippen LogP contribution is 2.22. The third kappa shape index (κ3) is 2.54. The van der Waals surface area contributed by atoms with Gasteiger partial charge in [-0.25, -0.2) is 21.6 Å². The SMILES string of the molecule is Cn1cc(S(=O)(=O)Nc2cc(F)c(F)c(F)c2)c(N)n1. The van der Waals surface area contributed by atoms with E-state index in [0.717, 1.165) is 10.9 Å². The van der Waals surface area contributed by atoms with Crippen LogP contribution in [0.1, 0.15) is 0 Å². The molecule has 0 atom stereocenters. The first-order valence-corrected chi connectivity index (χ1v) is 6.65. The van der Waals surface area contributed by atoms with Crippen LogP contribution in [0.15, 0.2) is 23.2 Å². The van der Waals surface area contributed by atoms with Gasteiger partial charge in [-0.3, -0.25) is 9.40 Å². The highest BCUT2D eigenvalue weighted by atomic mass is 32.2. The molecule has 3 N–H and O–H groups in total. The number of anilines is 2. The molecule has 0 bridgehead atoms. The first-order valence-electron chi connectivity index (χ1n) is 5.17. The predicted octanol–water partition coefficient (Wildman–Crippen LogP) is 1.22. The summed E-state index contributed by atoms with van der Waals surface area (Å²) in [6, 6.07) is 1.03. The van der Waals surface area contributed by atoms with Gasteiger partial charge in [0.05, 0.1) is 5.69 Å². The molecule has 0 aliphatic rings. The first-order chi connectivity index (χ1) is 9.20. The monoisotopic (exact) mass is 306 g/mol. The number of nitrogens with one attached hydrogen (secondary N) is 1. The molecule has 0 fully saturated rings. The number of aromatic nitrogens is 2. The van der Waals surface area contributed by atoms with Gasteiger partial charge in [0.1, 0.15) is 4.90 Å². The highest BCUT2D eigenvalue weighted by molar-refractivity contribution is 7.92. The largest absolute Gasteiger partial charge is 0.381 e. The van der Waals surface area contributed by atoms with Crippen LogP contribution in [0, 0.1) is 17.5 Å². The molecule has 2 aromatic rings. The number of aryl methyl sites for hydroxylation is 1. The molecule has 0 amide bonds. The van der Waals surface area contributed by atoms with Gasteiger partial charge in [0, 0.05) is 25.4 Å². The van der Waals surface area contributed by atoms with E-state index in [2.05, 4.69) is 5.10 Å². The molecule has 6 nitrogen and oxygen atoms in total. The number of halogens is 3. The van der Waals surface area contributed by atoms with Crippen LogP contribution in [0.25, 0.3) is 0 Å². The molecular weight excluding hydrogens is 297 g/mol. The van der Waals surface area contributed by atoms with E-state index in [0.29, 0.717) is 12.1 Å². The lowest BCUT2D eigenvalue weighted by atomic mass is 10.3. The minimum atomic E-state index is -4.18. The average Bonchev–Trinajstić information content (AvgIpc) is 2.65. The van der Waals surface area contributed by atoms with Crippen LogP contribution in [-0.2, 0) is 17.1 Å². The Balaban J connectivity index is 2.41. The fourth-order valence-corrected chi connectivity index (χ4v) is 2.66. The zero-order valence-corrected chi connectivity index (χ0v) is 10.9. The van der Waals surface area contributed by atoms with Crippen molar-refractivity contribution in [2.45, 2.75) is 4.90 Å². The van der Waals surface area contributed by atoms with Gasteiger partial charge in [-0.2, -0.15) is 5.10 Å². The fraction of sp³-hybridized carbons (Fsp3) is 0.100. The van der Waals surface area contributed by atoms with E-state index in [1.807, 2.05) is 4.72 Å². The van der Waals surface area contributed by atoms with Gasteiger partial charge in [-0.15, -0.1) is 0 Å². The first kappa shape index (κ1) is 14.2. The number of benzene rings is 1. The summed E-state index contributed by atoms with van der Waals surface area (Å²) in [5.41, 5.74) is 4.94. The number of nitrogens with zero attached hydrogens (tertiary/aromatic N) is 2. The van der Waals surface area contributed by atoms with Crippen LogP contribution in [0.3, 0.4) is 0 Å². The van der Waals surface area contributed by atoms with Crippen molar-refractivity contribution in [1.29, 1.82) is 0 Å². The van der Waals surface area contributed by atoms with Crippen molar-refractivity contribution in [1.82, 2.24) is 9.78 Å². The molecule has 0 saturated carbocycles. The van der Waals surface area contributed by atoms with Gasteiger partial charge >= 0.3 is 0 Å². The number of sulfonamides is 1. The lowest BCUT2D eigenvalue weighted by Gasteiger charge is -2.07. The molecule has 0 spiro atoms. The number of nitrogens with two attached hydrogens (primary N) is 1. The lowest BCUT2D eigenvalue weighted by molar-refractivity contribution is 0.448. The summed E-state index contributed by atoms with van der Waals surface area (Å²) in [5.74, 6) is -4.99. The second-order valence-electron chi connectivity index (χ2n) is 3.91. The second kappa shape index (κ2) is 4.71. The Morgan fingerprint density at radius 2 is 1.80 bits per heavy atom. The van der Waals surface area contributed by atoms with Crippen LogP contribution in [0.4, 0.5) is 24.7 Å². The van der Waals surface area contributed by atoms with Gasteiger partial charge in [0.25, 0.3) is 10.0 Å². The average molecular weight is 306 g/mol. The zero-order valence-electron chi connectivity index (χ0n) is 10.1. The molecule has 20 heavy (non-hydrogen) atoms. The number of hydrogen-bond acceptors (Lipinski definition) is 4. The molecule has 108 valence electrons. The van der Waals surface area contributed by atoms with Crippen molar-refractivity contribution in [2.75, 3.05) is 10.5 Å². The van der Waals surface area contributed by atoms with Gasteiger partial charge < -0.3 is 5.73 Å². The predicted molar refractivity (Wildman–Crippen MR) is 64.7 cm³/mol. The van der Waals surface area contributed by atoms with Gasteiger partial charge in [0.15, 0.2) is 23.3 Å². The summed E-state index contributed by atoms with van der Waals surface area (Å²) < 4.78 is 65.8. The maximum absolute atomic E-state index is 13.0. The summed E-state index contributed by atoms with van der Waals surface area (Å²) in [7, 11) is -2.73. The molecule has 0 saturated heterocycles. The molecular formula is C10H9F3N4O2S. The minimum absolute atomic E-state index is 0.275. The Bertz CT molecular complexity index is 750. The second-order valence-corrected chi connectivity index (χ2v) is 5.56. The van der Waals surface area contributed by atoms with Crippen molar-refractivity contribution in [2.24, 2.45) is 7.05 Å². The van der Waals surface area contributed by atoms with Gasteiger partial charge in [-0.1, -0.05) is 0 Å². The summed E-state index contributed by atoms with van der Waals surface area (Å²) >= 11 is 0. The Hall–Kier alpha value is -2.23. The Labute approximate surface area is 112 Å². The Morgan fingerprint density at radius 1 is 1.25 bits per heavy atom. The Morgan fingerprint density at radius 3 is 2.25 bits per heavy atom. The number of rotatable bonds is 3. The fourth-order valence-electron chi connectivity index (χ4n) is 1.52. The van der Waals surface area contributed by atoms with Crippen molar-refractivity contribution in [3.8, 4) is 0 Å². The molecule has 0 aliphatic heterocycles. The van der Waals surface area contributed by atoms with E-state index in [1.165, 1.54) is 7.05 Å². The third-order valence-corrected chi connectivity index (χ3v) is 3.75.